The van der Waals surface area contributed by atoms with Gasteiger partial charge in [-0.05, 0) is 43.3 Å². The largest absolute Gasteiger partial charge is 0.324 e. The zero-order valence-corrected chi connectivity index (χ0v) is 13.5. The SMILES string of the molecule is Cc1ccc(NC(=O)c2cnc(Nc3ccc(C#N)cc3)nc2)cc1. The first-order valence-corrected chi connectivity index (χ1v) is 7.61. The zero-order valence-electron chi connectivity index (χ0n) is 13.5. The number of carbonyl (C=O) groups is 1. The van der Waals surface area contributed by atoms with Crippen LogP contribution in [0.15, 0.2) is 60.9 Å². The molecule has 25 heavy (non-hydrogen) atoms. The molecule has 6 nitrogen and oxygen atoms in total. The van der Waals surface area contributed by atoms with Crippen LogP contribution in [0, 0.1) is 18.3 Å². The van der Waals surface area contributed by atoms with Gasteiger partial charge in [0.2, 0.25) is 5.95 Å². The molecule has 0 aliphatic rings. The molecule has 0 unspecified atom stereocenters. The van der Waals surface area contributed by atoms with Crippen molar-refractivity contribution in [2.45, 2.75) is 6.92 Å². The fourth-order valence-electron chi connectivity index (χ4n) is 2.11. The van der Waals surface area contributed by atoms with Gasteiger partial charge in [0.05, 0.1) is 17.2 Å². The predicted octanol–water partition coefficient (Wildman–Crippen LogP) is 3.65. The minimum atomic E-state index is -0.270. The Labute approximate surface area is 145 Å². The molecule has 0 radical (unpaired) electrons. The summed E-state index contributed by atoms with van der Waals surface area (Å²) in [5, 5.41) is 14.6. The van der Waals surface area contributed by atoms with Gasteiger partial charge in [0.1, 0.15) is 0 Å². The summed E-state index contributed by atoms with van der Waals surface area (Å²) in [5.74, 6) is 0.102. The summed E-state index contributed by atoms with van der Waals surface area (Å²) in [6.07, 6.45) is 2.92. The average molecular weight is 329 g/mol. The highest BCUT2D eigenvalue weighted by atomic mass is 16.1. The number of hydrogen-bond donors (Lipinski definition) is 2. The summed E-state index contributed by atoms with van der Waals surface area (Å²) in [5.41, 5.74) is 3.55. The molecule has 1 heterocycles. The van der Waals surface area contributed by atoms with Crippen LogP contribution in [0.4, 0.5) is 17.3 Å². The molecule has 0 saturated carbocycles. The molecule has 3 rings (SSSR count). The van der Waals surface area contributed by atoms with E-state index in [1.165, 1.54) is 12.4 Å². The number of hydrogen-bond acceptors (Lipinski definition) is 5. The Morgan fingerprint density at radius 2 is 1.56 bits per heavy atom. The van der Waals surface area contributed by atoms with E-state index < -0.39 is 0 Å². The second-order valence-electron chi connectivity index (χ2n) is 5.43. The number of nitriles is 1. The first-order valence-electron chi connectivity index (χ1n) is 7.61. The van der Waals surface area contributed by atoms with Gasteiger partial charge in [-0.2, -0.15) is 5.26 Å². The fourth-order valence-corrected chi connectivity index (χ4v) is 2.11. The van der Waals surface area contributed by atoms with Crippen molar-refractivity contribution in [3.05, 3.63) is 77.6 Å². The van der Waals surface area contributed by atoms with Gasteiger partial charge in [-0.3, -0.25) is 4.79 Å². The normalized spacial score (nSPS) is 9.92. The van der Waals surface area contributed by atoms with Crippen molar-refractivity contribution >= 4 is 23.2 Å². The molecular weight excluding hydrogens is 314 g/mol. The number of carbonyl (C=O) groups excluding carboxylic acids is 1. The smallest absolute Gasteiger partial charge is 0.258 e. The molecule has 0 atom stereocenters. The van der Waals surface area contributed by atoms with Crippen LogP contribution in [0.2, 0.25) is 0 Å². The van der Waals surface area contributed by atoms with Crippen molar-refractivity contribution in [1.29, 1.82) is 5.26 Å². The van der Waals surface area contributed by atoms with E-state index in [1.807, 2.05) is 31.2 Å². The number of aromatic nitrogens is 2. The van der Waals surface area contributed by atoms with Crippen molar-refractivity contribution < 1.29 is 4.79 Å². The molecular formula is C19H15N5O. The van der Waals surface area contributed by atoms with E-state index in [1.54, 1.807) is 24.3 Å². The van der Waals surface area contributed by atoms with Gasteiger partial charge in [-0.25, -0.2) is 9.97 Å². The van der Waals surface area contributed by atoms with E-state index in [4.69, 9.17) is 5.26 Å². The Morgan fingerprint density at radius 1 is 0.960 bits per heavy atom. The average Bonchev–Trinajstić information content (AvgIpc) is 2.65. The third-order valence-electron chi connectivity index (χ3n) is 3.49. The summed E-state index contributed by atoms with van der Waals surface area (Å²) < 4.78 is 0. The van der Waals surface area contributed by atoms with Crippen LogP contribution >= 0.6 is 0 Å². The quantitative estimate of drug-likeness (QED) is 0.762. The Balaban J connectivity index is 1.65. The standard InChI is InChI=1S/C19H15N5O/c1-13-2-6-16(7-3-13)23-18(25)15-11-21-19(22-12-15)24-17-8-4-14(10-20)5-9-17/h2-9,11-12H,1H3,(H,23,25)(H,21,22,24). The Morgan fingerprint density at radius 3 is 2.16 bits per heavy atom. The number of nitrogens with zero attached hydrogens (tertiary/aromatic N) is 3. The number of rotatable bonds is 4. The second kappa shape index (κ2) is 7.23. The van der Waals surface area contributed by atoms with Crippen LogP contribution < -0.4 is 10.6 Å². The molecule has 0 saturated heterocycles. The highest BCUT2D eigenvalue weighted by molar-refractivity contribution is 6.03. The van der Waals surface area contributed by atoms with E-state index in [2.05, 4.69) is 26.7 Å². The van der Waals surface area contributed by atoms with Gasteiger partial charge in [0.25, 0.3) is 5.91 Å². The second-order valence-corrected chi connectivity index (χ2v) is 5.43. The fraction of sp³-hybridized carbons (Fsp3) is 0.0526. The van der Waals surface area contributed by atoms with E-state index in [9.17, 15) is 4.79 Å². The molecule has 3 aromatic rings. The number of aryl methyl sites for hydroxylation is 1. The van der Waals surface area contributed by atoms with Crippen LogP contribution in [0.5, 0.6) is 0 Å². The number of anilines is 3. The summed E-state index contributed by atoms with van der Waals surface area (Å²) >= 11 is 0. The summed E-state index contributed by atoms with van der Waals surface area (Å²) in [4.78, 5) is 20.5. The Hall–Kier alpha value is -3.72. The third-order valence-corrected chi connectivity index (χ3v) is 3.49. The predicted molar refractivity (Wildman–Crippen MR) is 95.6 cm³/mol. The highest BCUT2D eigenvalue weighted by Gasteiger charge is 2.08. The lowest BCUT2D eigenvalue weighted by Crippen LogP contribution is -2.13. The summed E-state index contributed by atoms with van der Waals surface area (Å²) in [6.45, 7) is 1.99. The number of nitrogens with one attached hydrogen (secondary N) is 2. The molecule has 0 bridgehead atoms. The van der Waals surface area contributed by atoms with Crippen LogP contribution in [0.1, 0.15) is 21.5 Å². The minimum absolute atomic E-state index is 0.270. The van der Waals surface area contributed by atoms with Gasteiger partial charge in [0, 0.05) is 23.8 Å². The van der Waals surface area contributed by atoms with E-state index in [0.717, 1.165) is 16.9 Å². The molecule has 0 fully saturated rings. The first kappa shape index (κ1) is 16.1. The lowest BCUT2D eigenvalue weighted by molar-refractivity contribution is 0.102. The van der Waals surface area contributed by atoms with Crippen molar-refractivity contribution in [3.63, 3.8) is 0 Å². The molecule has 2 N–H and O–H groups in total. The van der Waals surface area contributed by atoms with Crippen LogP contribution in [0.25, 0.3) is 0 Å². The Bertz CT molecular complexity index is 910. The van der Waals surface area contributed by atoms with Crippen molar-refractivity contribution in [3.8, 4) is 6.07 Å². The monoisotopic (exact) mass is 329 g/mol. The number of amides is 1. The van der Waals surface area contributed by atoms with Crippen molar-refractivity contribution in [1.82, 2.24) is 9.97 Å². The maximum absolute atomic E-state index is 12.2. The maximum Gasteiger partial charge on any atom is 0.258 e. The number of benzene rings is 2. The van der Waals surface area contributed by atoms with Gasteiger partial charge in [0.15, 0.2) is 0 Å². The van der Waals surface area contributed by atoms with Crippen LogP contribution in [-0.4, -0.2) is 15.9 Å². The van der Waals surface area contributed by atoms with E-state index >= 15 is 0 Å². The Kier molecular flexibility index (Phi) is 4.67. The summed E-state index contributed by atoms with van der Waals surface area (Å²) in [6, 6.07) is 16.5. The van der Waals surface area contributed by atoms with Gasteiger partial charge in [-0.1, -0.05) is 17.7 Å². The molecule has 2 aromatic carbocycles. The van der Waals surface area contributed by atoms with E-state index in [-0.39, 0.29) is 5.91 Å². The molecule has 0 aliphatic heterocycles. The first-order chi connectivity index (χ1) is 12.1. The maximum atomic E-state index is 12.2. The van der Waals surface area contributed by atoms with Crippen LogP contribution in [-0.2, 0) is 0 Å². The highest BCUT2D eigenvalue weighted by Crippen LogP contribution is 2.14. The lowest BCUT2D eigenvalue weighted by atomic mass is 10.2. The topological polar surface area (TPSA) is 90.7 Å². The van der Waals surface area contributed by atoms with Crippen molar-refractivity contribution in [2.75, 3.05) is 10.6 Å². The lowest BCUT2D eigenvalue weighted by Gasteiger charge is -2.07. The van der Waals surface area contributed by atoms with Crippen molar-refractivity contribution in [2.24, 2.45) is 0 Å². The molecule has 6 heteroatoms. The van der Waals surface area contributed by atoms with Crippen LogP contribution in [0.3, 0.4) is 0 Å². The minimum Gasteiger partial charge on any atom is -0.324 e. The van der Waals surface area contributed by atoms with Gasteiger partial charge >= 0.3 is 0 Å². The van der Waals surface area contributed by atoms with E-state index in [0.29, 0.717) is 17.1 Å². The molecule has 1 amide bonds. The zero-order chi connectivity index (χ0) is 17.6. The molecule has 0 aliphatic carbocycles. The van der Waals surface area contributed by atoms with Gasteiger partial charge in [-0.15, -0.1) is 0 Å². The van der Waals surface area contributed by atoms with Gasteiger partial charge < -0.3 is 10.6 Å². The third kappa shape index (κ3) is 4.18. The summed E-state index contributed by atoms with van der Waals surface area (Å²) in [7, 11) is 0. The molecule has 1 aromatic heterocycles. The molecule has 122 valence electrons. The molecule has 0 spiro atoms.